The summed E-state index contributed by atoms with van der Waals surface area (Å²) in [5, 5.41) is 10.2. The van der Waals surface area contributed by atoms with Gasteiger partial charge in [-0.25, -0.2) is 0 Å². The number of carbonyl (C=O) groups is 2. The Morgan fingerprint density at radius 1 is 1.32 bits per heavy atom. The number of H-pyrrole nitrogens is 1. The van der Waals surface area contributed by atoms with Gasteiger partial charge in [0, 0.05) is 24.0 Å². The van der Waals surface area contributed by atoms with Crippen molar-refractivity contribution in [3.05, 3.63) is 34.4 Å². The topological polar surface area (TPSA) is 73.4 Å². The van der Waals surface area contributed by atoms with Gasteiger partial charge in [0.25, 0.3) is 5.91 Å². The summed E-state index contributed by atoms with van der Waals surface area (Å²) in [6.45, 7) is 2.83. The van der Waals surface area contributed by atoms with Gasteiger partial charge in [-0.3, -0.25) is 9.59 Å². The first-order valence-electron chi connectivity index (χ1n) is 7.25. The molecule has 116 valence electrons. The molecule has 1 fully saturated rings. The molecule has 1 aliphatic rings. The summed E-state index contributed by atoms with van der Waals surface area (Å²) in [5.74, 6) is -1.29. The molecule has 2 N–H and O–H groups in total. The summed E-state index contributed by atoms with van der Waals surface area (Å²) in [6, 6.07) is 7.67. The number of likely N-dealkylation sites (tertiary alicyclic amines) is 1. The van der Waals surface area contributed by atoms with Crippen LogP contribution in [0.3, 0.4) is 0 Å². The second-order valence-electron chi connectivity index (χ2n) is 5.95. The number of benzene rings is 1. The average molecular weight is 365 g/mol. The first kappa shape index (κ1) is 15.1. The van der Waals surface area contributed by atoms with Gasteiger partial charge in [0.2, 0.25) is 0 Å². The largest absolute Gasteiger partial charge is 0.481 e. The van der Waals surface area contributed by atoms with E-state index in [9.17, 15) is 14.7 Å². The van der Waals surface area contributed by atoms with Crippen LogP contribution in [0.15, 0.2) is 28.7 Å². The third-order valence-corrected chi connectivity index (χ3v) is 4.98. The van der Waals surface area contributed by atoms with Crippen LogP contribution in [0.4, 0.5) is 0 Å². The standard InChI is InChI=1S/C16H17BrN2O3/c1-9-6-10(16(21)22)8-19(7-9)15(20)14-13(17)11-4-2-3-5-12(11)18-14/h2-5,9-10,18H,6-8H2,1H3,(H,21,22). The third kappa shape index (κ3) is 2.63. The Hall–Kier alpha value is -1.82. The number of para-hydroxylation sites is 1. The van der Waals surface area contributed by atoms with E-state index in [-0.39, 0.29) is 18.4 Å². The molecule has 2 aromatic rings. The lowest BCUT2D eigenvalue weighted by Gasteiger charge is -2.34. The second kappa shape index (κ2) is 5.76. The number of carboxylic acid groups (broad SMARTS) is 1. The number of carboxylic acids is 1. The van der Waals surface area contributed by atoms with Crippen LogP contribution in [-0.2, 0) is 4.79 Å². The van der Waals surface area contributed by atoms with Gasteiger partial charge < -0.3 is 15.0 Å². The molecule has 2 atom stereocenters. The fourth-order valence-electron chi connectivity index (χ4n) is 3.11. The molecule has 1 aromatic carbocycles. The highest BCUT2D eigenvalue weighted by Crippen LogP contribution is 2.30. The minimum atomic E-state index is -0.833. The molecule has 1 aromatic heterocycles. The number of carbonyl (C=O) groups excluding carboxylic acids is 1. The lowest BCUT2D eigenvalue weighted by atomic mass is 9.90. The van der Waals surface area contributed by atoms with Crippen LogP contribution in [0.2, 0.25) is 0 Å². The zero-order valence-electron chi connectivity index (χ0n) is 12.2. The molecule has 0 bridgehead atoms. The number of aromatic nitrogens is 1. The maximum atomic E-state index is 12.8. The number of fused-ring (bicyclic) bond motifs is 1. The summed E-state index contributed by atoms with van der Waals surface area (Å²) in [7, 11) is 0. The zero-order chi connectivity index (χ0) is 15.9. The van der Waals surface area contributed by atoms with Crippen molar-refractivity contribution in [1.82, 2.24) is 9.88 Å². The lowest BCUT2D eigenvalue weighted by Crippen LogP contribution is -2.45. The molecule has 0 radical (unpaired) electrons. The minimum absolute atomic E-state index is 0.152. The van der Waals surface area contributed by atoms with E-state index in [0.29, 0.717) is 18.7 Å². The van der Waals surface area contributed by atoms with Gasteiger partial charge in [-0.05, 0) is 34.3 Å². The quantitative estimate of drug-likeness (QED) is 0.859. The second-order valence-corrected chi connectivity index (χ2v) is 6.74. The predicted octanol–water partition coefficient (Wildman–Crippen LogP) is 3.11. The van der Waals surface area contributed by atoms with E-state index in [1.807, 2.05) is 31.2 Å². The van der Waals surface area contributed by atoms with E-state index in [0.717, 1.165) is 15.4 Å². The van der Waals surface area contributed by atoms with E-state index in [1.54, 1.807) is 4.90 Å². The van der Waals surface area contributed by atoms with Gasteiger partial charge in [0.1, 0.15) is 5.69 Å². The molecule has 1 aliphatic heterocycles. The van der Waals surface area contributed by atoms with Crippen LogP contribution >= 0.6 is 15.9 Å². The molecule has 22 heavy (non-hydrogen) atoms. The average Bonchev–Trinajstić information content (AvgIpc) is 2.83. The first-order valence-corrected chi connectivity index (χ1v) is 8.05. The van der Waals surface area contributed by atoms with Crippen molar-refractivity contribution in [3.8, 4) is 0 Å². The zero-order valence-corrected chi connectivity index (χ0v) is 13.8. The highest BCUT2D eigenvalue weighted by atomic mass is 79.9. The molecule has 2 heterocycles. The van der Waals surface area contributed by atoms with E-state index in [2.05, 4.69) is 20.9 Å². The Morgan fingerprint density at radius 3 is 2.73 bits per heavy atom. The molecular formula is C16H17BrN2O3. The summed E-state index contributed by atoms with van der Waals surface area (Å²) >= 11 is 3.48. The molecule has 1 saturated heterocycles. The van der Waals surface area contributed by atoms with Gasteiger partial charge >= 0.3 is 5.97 Å². The number of rotatable bonds is 2. The van der Waals surface area contributed by atoms with Crippen molar-refractivity contribution in [2.24, 2.45) is 11.8 Å². The molecule has 1 amide bonds. The van der Waals surface area contributed by atoms with Crippen LogP contribution < -0.4 is 0 Å². The summed E-state index contributed by atoms with van der Waals surface area (Å²) < 4.78 is 0.734. The van der Waals surface area contributed by atoms with E-state index >= 15 is 0 Å². The summed E-state index contributed by atoms with van der Waals surface area (Å²) in [6.07, 6.45) is 0.618. The van der Waals surface area contributed by atoms with Crippen molar-refractivity contribution >= 4 is 38.7 Å². The fourth-order valence-corrected chi connectivity index (χ4v) is 3.72. The van der Waals surface area contributed by atoms with E-state index in [4.69, 9.17) is 0 Å². The number of aromatic amines is 1. The maximum absolute atomic E-state index is 12.8. The minimum Gasteiger partial charge on any atom is -0.481 e. The number of nitrogens with zero attached hydrogens (tertiary/aromatic N) is 1. The Labute approximate surface area is 136 Å². The van der Waals surface area contributed by atoms with Crippen molar-refractivity contribution in [1.29, 1.82) is 0 Å². The van der Waals surface area contributed by atoms with Crippen molar-refractivity contribution in [2.45, 2.75) is 13.3 Å². The maximum Gasteiger partial charge on any atom is 0.308 e. The normalized spacial score (nSPS) is 22.0. The molecule has 0 spiro atoms. The van der Waals surface area contributed by atoms with Crippen LogP contribution in [0.25, 0.3) is 10.9 Å². The van der Waals surface area contributed by atoms with Gasteiger partial charge in [0.15, 0.2) is 0 Å². The number of halogens is 1. The van der Waals surface area contributed by atoms with Gasteiger partial charge in [-0.15, -0.1) is 0 Å². The number of nitrogens with one attached hydrogen (secondary N) is 1. The Balaban J connectivity index is 1.91. The Bertz CT molecular complexity index is 740. The van der Waals surface area contributed by atoms with Crippen LogP contribution in [-0.4, -0.2) is 40.0 Å². The number of amides is 1. The summed E-state index contributed by atoms with van der Waals surface area (Å²) in [5.41, 5.74) is 1.37. The van der Waals surface area contributed by atoms with Crippen LogP contribution in [0.1, 0.15) is 23.8 Å². The predicted molar refractivity (Wildman–Crippen MR) is 86.8 cm³/mol. The van der Waals surface area contributed by atoms with Gasteiger partial charge in [-0.1, -0.05) is 25.1 Å². The lowest BCUT2D eigenvalue weighted by molar-refractivity contribution is -0.143. The molecule has 3 rings (SSSR count). The Kier molecular flexibility index (Phi) is 3.95. The molecule has 0 aliphatic carbocycles. The number of aliphatic carboxylic acids is 1. The molecule has 2 unspecified atom stereocenters. The highest BCUT2D eigenvalue weighted by molar-refractivity contribution is 9.10. The van der Waals surface area contributed by atoms with Gasteiger partial charge in [0.05, 0.1) is 10.4 Å². The third-order valence-electron chi connectivity index (χ3n) is 4.15. The molecule has 5 nitrogen and oxygen atoms in total. The fraction of sp³-hybridized carbons (Fsp3) is 0.375. The van der Waals surface area contributed by atoms with Gasteiger partial charge in [-0.2, -0.15) is 0 Å². The van der Waals surface area contributed by atoms with Crippen LogP contribution in [0.5, 0.6) is 0 Å². The first-order chi connectivity index (χ1) is 10.5. The Morgan fingerprint density at radius 2 is 2.05 bits per heavy atom. The number of hydrogen-bond donors (Lipinski definition) is 2. The highest BCUT2D eigenvalue weighted by Gasteiger charge is 2.33. The molecular weight excluding hydrogens is 348 g/mol. The van der Waals surface area contributed by atoms with E-state index in [1.165, 1.54) is 0 Å². The number of piperidine rings is 1. The molecule has 0 saturated carbocycles. The SMILES string of the molecule is CC1CC(C(=O)O)CN(C(=O)c2[nH]c3ccccc3c2Br)C1. The van der Waals surface area contributed by atoms with Crippen LogP contribution in [0, 0.1) is 11.8 Å². The smallest absolute Gasteiger partial charge is 0.308 e. The number of hydrogen-bond acceptors (Lipinski definition) is 2. The van der Waals surface area contributed by atoms with Crippen molar-refractivity contribution in [3.63, 3.8) is 0 Å². The molecule has 6 heteroatoms. The van der Waals surface area contributed by atoms with Crippen molar-refractivity contribution < 1.29 is 14.7 Å². The summed E-state index contributed by atoms with van der Waals surface area (Å²) in [4.78, 5) is 28.8. The monoisotopic (exact) mass is 364 g/mol. The van der Waals surface area contributed by atoms with E-state index < -0.39 is 11.9 Å². The van der Waals surface area contributed by atoms with Crippen molar-refractivity contribution in [2.75, 3.05) is 13.1 Å².